The second-order valence-electron chi connectivity index (χ2n) is 10.3. The molecule has 0 aromatic carbocycles. The zero-order valence-corrected chi connectivity index (χ0v) is 21.8. The number of alkyl halides is 3. The van der Waals surface area contributed by atoms with Gasteiger partial charge in [0.25, 0.3) is 0 Å². The van der Waals surface area contributed by atoms with Gasteiger partial charge in [0.1, 0.15) is 18.0 Å². The number of nitrogens with zero attached hydrogens (tertiary/aromatic N) is 4. The third kappa shape index (κ3) is 7.76. The van der Waals surface area contributed by atoms with Gasteiger partial charge in [-0.3, -0.25) is 9.59 Å². The second-order valence-corrected chi connectivity index (χ2v) is 10.3. The number of fused-ring (bicyclic) bond motifs is 1. The Morgan fingerprint density at radius 1 is 1.24 bits per heavy atom. The molecule has 1 aromatic heterocycles. The van der Waals surface area contributed by atoms with Gasteiger partial charge < -0.3 is 24.6 Å². The fourth-order valence-corrected chi connectivity index (χ4v) is 4.27. The molecule has 3 amide bonds. The number of alkyl carbamates (subject to hydrolysis) is 1. The molecular formula is C24H34F3N5O5. The van der Waals surface area contributed by atoms with E-state index in [4.69, 9.17) is 9.47 Å². The third-order valence-corrected chi connectivity index (χ3v) is 5.95. The topological polar surface area (TPSA) is 114 Å². The minimum atomic E-state index is -4.62. The van der Waals surface area contributed by atoms with Gasteiger partial charge in [0.15, 0.2) is 5.69 Å². The molecule has 0 bridgehead atoms. The molecule has 3 heterocycles. The zero-order valence-electron chi connectivity index (χ0n) is 21.8. The van der Waals surface area contributed by atoms with Crippen LogP contribution in [0.4, 0.5) is 18.0 Å². The van der Waals surface area contributed by atoms with Crippen LogP contribution in [0.15, 0.2) is 0 Å². The quantitative estimate of drug-likeness (QED) is 0.602. The van der Waals surface area contributed by atoms with Crippen molar-refractivity contribution < 1.29 is 37.0 Å². The molecule has 1 N–H and O–H groups in total. The van der Waals surface area contributed by atoms with Gasteiger partial charge in [-0.2, -0.15) is 13.2 Å². The standard InChI is InChI=1S/C24H34F3N5O5/c1-6-18-29-17-12-31(8-7-16(17)21(30-18)24(25,26)27)19(33)9-15(28-22(35)37-23(3,4)5)11-32-10-14(2)36-13-20(32)34/h14-15H,6-13H2,1-5H3,(H,28,35)/t14-,15-/m0/s1. The van der Waals surface area contributed by atoms with Crippen LogP contribution in [0.5, 0.6) is 0 Å². The molecule has 206 valence electrons. The van der Waals surface area contributed by atoms with E-state index >= 15 is 0 Å². The molecule has 1 saturated heterocycles. The third-order valence-electron chi connectivity index (χ3n) is 5.95. The summed E-state index contributed by atoms with van der Waals surface area (Å²) in [5, 5.41) is 2.67. The van der Waals surface area contributed by atoms with E-state index in [1.54, 1.807) is 27.7 Å². The van der Waals surface area contributed by atoms with Gasteiger partial charge in [0.2, 0.25) is 11.8 Å². The summed E-state index contributed by atoms with van der Waals surface area (Å²) < 4.78 is 51.4. The van der Waals surface area contributed by atoms with E-state index in [0.29, 0.717) is 6.54 Å². The Morgan fingerprint density at radius 3 is 2.57 bits per heavy atom. The number of amides is 3. The van der Waals surface area contributed by atoms with E-state index in [1.807, 2.05) is 6.92 Å². The van der Waals surface area contributed by atoms with Gasteiger partial charge >= 0.3 is 12.3 Å². The van der Waals surface area contributed by atoms with Crippen molar-refractivity contribution in [2.24, 2.45) is 0 Å². The minimum absolute atomic E-state index is 0.00470. The summed E-state index contributed by atoms with van der Waals surface area (Å²) >= 11 is 0. The molecule has 0 unspecified atom stereocenters. The lowest BCUT2D eigenvalue weighted by molar-refractivity contribution is -0.149. The Morgan fingerprint density at radius 2 is 1.95 bits per heavy atom. The van der Waals surface area contributed by atoms with Gasteiger partial charge in [-0.25, -0.2) is 14.8 Å². The number of hydrogen-bond acceptors (Lipinski definition) is 7. The van der Waals surface area contributed by atoms with Gasteiger partial charge in [0, 0.05) is 38.0 Å². The molecule has 2 aliphatic rings. The van der Waals surface area contributed by atoms with Crippen LogP contribution in [0.2, 0.25) is 0 Å². The van der Waals surface area contributed by atoms with E-state index in [1.165, 1.54) is 9.80 Å². The fraction of sp³-hybridized carbons (Fsp3) is 0.708. The maximum atomic E-state index is 13.6. The van der Waals surface area contributed by atoms with Gasteiger partial charge in [-0.05, 0) is 34.1 Å². The molecule has 0 radical (unpaired) electrons. The number of hydrogen-bond donors (Lipinski definition) is 1. The molecule has 37 heavy (non-hydrogen) atoms. The Balaban J connectivity index is 1.77. The number of ether oxygens (including phenoxy) is 2. The lowest BCUT2D eigenvalue weighted by Crippen LogP contribution is -2.53. The Bertz CT molecular complexity index is 1030. The molecular weight excluding hydrogens is 495 g/mol. The van der Waals surface area contributed by atoms with Crippen molar-refractivity contribution in [1.29, 1.82) is 0 Å². The molecule has 0 spiro atoms. The first-order valence-electron chi connectivity index (χ1n) is 12.3. The molecule has 3 rings (SSSR count). The highest BCUT2D eigenvalue weighted by Gasteiger charge is 2.39. The highest BCUT2D eigenvalue weighted by atomic mass is 19.4. The zero-order chi connectivity index (χ0) is 27.5. The molecule has 2 aliphatic heterocycles. The van der Waals surface area contributed by atoms with Gasteiger partial charge in [0.05, 0.1) is 24.4 Å². The molecule has 0 aliphatic carbocycles. The van der Waals surface area contributed by atoms with Crippen LogP contribution in [-0.4, -0.2) is 81.7 Å². The molecule has 0 saturated carbocycles. The van der Waals surface area contributed by atoms with Crippen molar-refractivity contribution in [2.45, 2.75) is 84.3 Å². The summed E-state index contributed by atoms with van der Waals surface area (Å²) in [5.41, 5.74) is -1.55. The number of carbonyl (C=O) groups excluding carboxylic acids is 3. The van der Waals surface area contributed by atoms with Gasteiger partial charge in [-0.1, -0.05) is 6.92 Å². The second kappa shape index (κ2) is 11.2. The van der Waals surface area contributed by atoms with E-state index in [-0.39, 0.29) is 80.5 Å². The predicted molar refractivity (Wildman–Crippen MR) is 125 cm³/mol. The number of nitrogens with one attached hydrogen (secondary N) is 1. The van der Waals surface area contributed by atoms with Crippen LogP contribution in [0.3, 0.4) is 0 Å². The molecule has 13 heteroatoms. The van der Waals surface area contributed by atoms with Crippen LogP contribution in [0, 0.1) is 0 Å². The predicted octanol–water partition coefficient (Wildman–Crippen LogP) is 2.47. The monoisotopic (exact) mass is 529 g/mol. The van der Waals surface area contributed by atoms with Crippen LogP contribution in [-0.2, 0) is 44.6 Å². The summed E-state index contributed by atoms with van der Waals surface area (Å²) in [5.74, 6) is -0.590. The lowest BCUT2D eigenvalue weighted by atomic mass is 10.0. The highest BCUT2D eigenvalue weighted by molar-refractivity contribution is 5.80. The average molecular weight is 530 g/mol. The van der Waals surface area contributed by atoms with Crippen LogP contribution < -0.4 is 5.32 Å². The Kier molecular flexibility index (Phi) is 8.66. The molecule has 1 fully saturated rings. The number of morpholine rings is 1. The SMILES string of the molecule is CCc1nc2c(c(C(F)(F)F)n1)CCN(C(=O)C[C@@H](CN1C[C@H](C)OCC1=O)NC(=O)OC(C)(C)C)C2. The van der Waals surface area contributed by atoms with Crippen LogP contribution >= 0.6 is 0 Å². The Labute approximate surface area is 213 Å². The summed E-state index contributed by atoms with van der Waals surface area (Å²) in [6.07, 6.45) is -5.55. The summed E-state index contributed by atoms with van der Waals surface area (Å²) in [6, 6.07) is -0.777. The molecule has 2 atom stereocenters. The van der Waals surface area contributed by atoms with Crippen molar-refractivity contribution in [3.8, 4) is 0 Å². The maximum absolute atomic E-state index is 13.6. The first-order valence-corrected chi connectivity index (χ1v) is 12.3. The fourth-order valence-electron chi connectivity index (χ4n) is 4.27. The summed E-state index contributed by atoms with van der Waals surface area (Å²) in [7, 11) is 0. The maximum Gasteiger partial charge on any atom is 0.433 e. The van der Waals surface area contributed by atoms with Crippen molar-refractivity contribution in [1.82, 2.24) is 25.1 Å². The van der Waals surface area contributed by atoms with Crippen molar-refractivity contribution in [2.75, 3.05) is 26.2 Å². The average Bonchev–Trinajstić information content (AvgIpc) is 2.78. The number of halogens is 3. The van der Waals surface area contributed by atoms with Crippen LogP contribution in [0.1, 0.15) is 63.8 Å². The number of aryl methyl sites for hydroxylation is 1. The van der Waals surface area contributed by atoms with Crippen LogP contribution in [0.25, 0.3) is 0 Å². The number of carbonyl (C=O) groups is 3. The normalized spacial score (nSPS) is 19.4. The van der Waals surface area contributed by atoms with Crippen molar-refractivity contribution in [3.05, 3.63) is 22.8 Å². The first-order chi connectivity index (χ1) is 17.2. The largest absolute Gasteiger partial charge is 0.444 e. The smallest absolute Gasteiger partial charge is 0.433 e. The van der Waals surface area contributed by atoms with E-state index in [9.17, 15) is 27.6 Å². The first kappa shape index (κ1) is 28.6. The summed E-state index contributed by atoms with van der Waals surface area (Å²) in [4.78, 5) is 48.9. The highest BCUT2D eigenvalue weighted by Crippen LogP contribution is 2.34. The van der Waals surface area contributed by atoms with Crippen molar-refractivity contribution >= 4 is 17.9 Å². The van der Waals surface area contributed by atoms with Gasteiger partial charge in [-0.15, -0.1) is 0 Å². The lowest BCUT2D eigenvalue weighted by Gasteiger charge is -2.35. The van der Waals surface area contributed by atoms with E-state index < -0.39 is 29.6 Å². The molecule has 10 nitrogen and oxygen atoms in total. The van der Waals surface area contributed by atoms with E-state index in [2.05, 4.69) is 15.3 Å². The van der Waals surface area contributed by atoms with E-state index in [0.717, 1.165) is 0 Å². The number of aromatic nitrogens is 2. The minimum Gasteiger partial charge on any atom is -0.444 e. The Hall–Kier alpha value is -2.96. The number of rotatable bonds is 6. The molecule has 1 aromatic rings. The van der Waals surface area contributed by atoms with Crippen molar-refractivity contribution in [3.63, 3.8) is 0 Å². The summed E-state index contributed by atoms with van der Waals surface area (Å²) in [6.45, 7) is 8.79.